The summed E-state index contributed by atoms with van der Waals surface area (Å²) in [6, 6.07) is 0. The molecule has 0 aromatic rings. The molecular weight excluding hydrogens is 104 g/mol. The van der Waals surface area contributed by atoms with Gasteiger partial charge in [0.25, 0.3) is 0 Å². The summed E-state index contributed by atoms with van der Waals surface area (Å²) in [5, 5.41) is 17.4. The first-order chi connectivity index (χ1) is 3.69. The van der Waals surface area contributed by atoms with Crippen LogP contribution in [0.2, 0.25) is 0 Å². The van der Waals surface area contributed by atoms with Crippen LogP contribution in [0.3, 0.4) is 0 Å². The maximum atomic E-state index is 8.91. The van der Waals surface area contributed by atoms with E-state index in [1.165, 1.54) is 0 Å². The molecule has 8 heavy (non-hydrogen) atoms. The van der Waals surface area contributed by atoms with Gasteiger partial charge in [0.1, 0.15) is 0 Å². The van der Waals surface area contributed by atoms with Gasteiger partial charge < -0.3 is 10.2 Å². The quantitative estimate of drug-likeness (QED) is 0.538. The summed E-state index contributed by atoms with van der Waals surface area (Å²) in [5.41, 5.74) is 0.0642. The van der Waals surface area contributed by atoms with Crippen molar-refractivity contribution in [1.82, 2.24) is 0 Å². The number of aliphatic hydroxyl groups excluding tert-OH is 2. The second-order valence-corrected chi connectivity index (χ2v) is 2.85. The third-order valence-electron chi connectivity index (χ3n) is 1.99. The van der Waals surface area contributed by atoms with Crippen LogP contribution in [-0.2, 0) is 0 Å². The molecule has 48 valence electrons. The highest BCUT2D eigenvalue weighted by atomic mass is 16.3. The molecule has 1 saturated carbocycles. The number of aliphatic hydroxyl groups is 2. The Bertz CT molecular complexity index is 92.5. The average molecular weight is 116 g/mol. The summed E-state index contributed by atoms with van der Waals surface area (Å²) >= 11 is 0. The van der Waals surface area contributed by atoms with Crippen molar-refractivity contribution in [2.75, 3.05) is 6.61 Å². The van der Waals surface area contributed by atoms with E-state index in [9.17, 15) is 0 Å². The molecule has 0 aromatic carbocycles. The van der Waals surface area contributed by atoms with Crippen LogP contribution in [0, 0.1) is 5.41 Å². The second kappa shape index (κ2) is 1.71. The maximum Gasteiger partial charge on any atom is 0.0601 e. The Kier molecular flexibility index (Phi) is 1.29. The number of rotatable bonds is 2. The van der Waals surface area contributed by atoms with E-state index in [-0.39, 0.29) is 18.1 Å². The van der Waals surface area contributed by atoms with E-state index in [1.54, 1.807) is 0 Å². The summed E-state index contributed by atoms with van der Waals surface area (Å²) in [5.74, 6) is 0. The Morgan fingerprint density at radius 2 is 2.25 bits per heavy atom. The number of hydrogen-bond acceptors (Lipinski definition) is 2. The molecule has 0 heterocycles. The zero-order valence-electron chi connectivity index (χ0n) is 5.09. The average Bonchev–Trinajstić information content (AvgIpc) is 2.16. The molecular formula is C6H12O2. The summed E-state index contributed by atoms with van der Waals surface area (Å²) in [6.07, 6.45) is 1.47. The lowest BCUT2D eigenvalue weighted by Gasteiger charge is -2.02. The van der Waals surface area contributed by atoms with Gasteiger partial charge in [-0.3, -0.25) is 0 Å². The molecule has 0 radical (unpaired) electrons. The molecule has 1 rings (SSSR count). The molecule has 2 unspecified atom stereocenters. The van der Waals surface area contributed by atoms with Crippen LogP contribution in [0.4, 0.5) is 0 Å². The molecule has 1 aliphatic carbocycles. The minimum absolute atomic E-state index is 0.0642. The largest absolute Gasteiger partial charge is 0.396 e. The molecule has 2 nitrogen and oxygen atoms in total. The van der Waals surface area contributed by atoms with E-state index in [0.29, 0.717) is 0 Å². The van der Waals surface area contributed by atoms with Gasteiger partial charge >= 0.3 is 0 Å². The molecule has 0 aliphatic heterocycles. The smallest absolute Gasteiger partial charge is 0.0601 e. The minimum Gasteiger partial charge on any atom is -0.396 e. The Labute approximate surface area is 49.1 Å². The van der Waals surface area contributed by atoms with E-state index >= 15 is 0 Å². The van der Waals surface area contributed by atoms with E-state index < -0.39 is 0 Å². The fourth-order valence-corrected chi connectivity index (χ4v) is 0.907. The van der Waals surface area contributed by atoms with Crippen molar-refractivity contribution in [2.45, 2.75) is 25.9 Å². The van der Waals surface area contributed by atoms with Gasteiger partial charge in [0.2, 0.25) is 0 Å². The van der Waals surface area contributed by atoms with Gasteiger partial charge in [-0.2, -0.15) is 0 Å². The lowest BCUT2D eigenvalue weighted by atomic mass is 10.1. The maximum absolute atomic E-state index is 8.91. The zero-order chi connectivity index (χ0) is 6.20. The summed E-state index contributed by atoms with van der Waals surface area (Å²) in [4.78, 5) is 0. The van der Waals surface area contributed by atoms with Crippen LogP contribution in [-0.4, -0.2) is 22.9 Å². The third-order valence-corrected chi connectivity index (χ3v) is 1.99. The summed E-state index contributed by atoms with van der Waals surface area (Å²) in [7, 11) is 0. The van der Waals surface area contributed by atoms with E-state index in [0.717, 1.165) is 12.8 Å². The summed E-state index contributed by atoms with van der Waals surface area (Å²) in [6.45, 7) is 2.20. The van der Waals surface area contributed by atoms with Gasteiger partial charge in [0, 0.05) is 6.61 Å². The van der Waals surface area contributed by atoms with Crippen molar-refractivity contribution in [1.29, 1.82) is 0 Å². The van der Waals surface area contributed by atoms with Crippen LogP contribution >= 0.6 is 0 Å². The van der Waals surface area contributed by atoms with E-state index in [2.05, 4.69) is 0 Å². The van der Waals surface area contributed by atoms with Crippen LogP contribution < -0.4 is 0 Å². The van der Waals surface area contributed by atoms with Crippen molar-refractivity contribution in [3.63, 3.8) is 0 Å². The first-order valence-corrected chi connectivity index (χ1v) is 2.98. The Balaban J connectivity index is 2.25. The highest BCUT2D eigenvalue weighted by Gasteiger charge is 2.48. The summed E-state index contributed by atoms with van der Waals surface area (Å²) < 4.78 is 0. The predicted molar refractivity (Wildman–Crippen MR) is 30.4 cm³/mol. The van der Waals surface area contributed by atoms with Crippen LogP contribution in [0.5, 0.6) is 0 Å². The van der Waals surface area contributed by atoms with E-state index in [1.807, 2.05) is 6.92 Å². The highest BCUT2D eigenvalue weighted by molar-refractivity contribution is 4.98. The van der Waals surface area contributed by atoms with Gasteiger partial charge in [-0.1, -0.05) is 6.92 Å². The minimum atomic E-state index is -0.144. The van der Waals surface area contributed by atoms with Crippen molar-refractivity contribution < 1.29 is 10.2 Å². The lowest BCUT2D eigenvalue weighted by molar-refractivity contribution is 0.191. The van der Waals surface area contributed by atoms with Gasteiger partial charge in [0.15, 0.2) is 0 Å². The monoisotopic (exact) mass is 116 g/mol. The van der Waals surface area contributed by atoms with Crippen molar-refractivity contribution in [2.24, 2.45) is 5.41 Å². The molecule has 1 fully saturated rings. The Morgan fingerprint density at radius 3 is 2.38 bits per heavy atom. The van der Waals surface area contributed by atoms with Gasteiger partial charge in [-0.05, 0) is 18.3 Å². The third kappa shape index (κ3) is 0.858. The first kappa shape index (κ1) is 6.05. The molecule has 0 bridgehead atoms. The second-order valence-electron chi connectivity index (χ2n) is 2.85. The standard InChI is InChI=1S/C6H12O2/c1-6(2-3-7)4-5(6)8/h5,7-8H,2-4H2,1H3. The molecule has 2 atom stereocenters. The fourth-order valence-electron chi connectivity index (χ4n) is 0.907. The number of hydrogen-bond donors (Lipinski definition) is 2. The molecule has 2 N–H and O–H groups in total. The lowest BCUT2D eigenvalue weighted by Crippen LogP contribution is -2.02. The fraction of sp³-hybridized carbons (Fsp3) is 1.00. The normalized spacial score (nSPS) is 44.6. The zero-order valence-corrected chi connectivity index (χ0v) is 5.09. The van der Waals surface area contributed by atoms with Crippen LogP contribution in [0.1, 0.15) is 19.8 Å². The van der Waals surface area contributed by atoms with Gasteiger partial charge in [-0.15, -0.1) is 0 Å². The molecule has 0 amide bonds. The Hall–Kier alpha value is -0.0800. The molecule has 1 aliphatic rings. The van der Waals surface area contributed by atoms with Crippen molar-refractivity contribution in [3.8, 4) is 0 Å². The van der Waals surface area contributed by atoms with Crippen LogP contribution in [0.25, 0.3) is 0 Å². The topological polar surface area (TPSA) is 40.5 Å². The highest BCUT2D eigenvalue weighted by Crippen LogP contribution is 2.47. The molecule has 0 spiro atoms. The van der Waals surface area contributed by atoms with Crippen LogP contribution in [0.15, 0.2) is 0 Å². The Morgan fingerprint density at radius 1 is 1.75 bits per heavy atom. The van der Waals surface area contributed by atoms with Crippen molar-refractivity contribution in [3.05, 3.63) is 0 Å². The van der Waals surface area contributed by atoms with Gasteiger partial charge in [0.05, 0.1) is 6.10 Å². The molecule has 2 heteroatoms. The predicted octanol–water partition coefficient (Wildman–Crippen LogP) is 0.140. The molecule has 0 aromatic heterocycles. The first-order valence-electron chi connectivity index (χ1n) is 2.98. The van der Waals surface area contributed by atoms with E-state index in [4.69, 9.17) is 10.2 Å². The SMILES string of the molecule is CC1(CCO)CC1O. The van der Waals surface area contributed by atoms with Gasteiger partial charge in [-0.25, -0.2) is 0 Å². The van der Waals surface area contributed by atoms with Crippen molar-refractivity contribution >= 4 is 0 Å². The molecule has 0 saturated heterocycles.